The molecule has 2 fully saturated rings. The molecule has 3 aromatic carbocycles. The van der Waals surface area contributed by atoms with Gasteiger partial charge in [-0.05, 0) is 86.3 Å². The number of rotatable bonds is 12. The minimum absolute atomic E-state index is 0. The maximum absolute atomic E-state index is 13.8. The predicted octanol–water partition coefficient (Wildman–Crippen LogP) is 7.33. The molecule has 0 aromatic heterocycles. The van der Waals surface area contributed by atoms with E-state index in [4.69, 9.17) is 0 Å². The molecule has 2 aliphatic heterocycles. The number of hydrogen-bond donors (Lipinski definition) is 1. The second kappa shape index (κ2) is 20.7. The van der Waals surface area contributed by atoms with Crippen LogP contribution in [0.4, 0.5) is 13.2 Å². The third-order valence-corrected chi connectivity index (χ3v) is 9.74. The van der Waals surface area contributed by atoms with Crippen molar-refractivity contribution in [1.29, 1.82) is 0 Å². The highest BCUT2D eigenvalue weighted by molar-refractivity contribution is 5.86. The zero-order valence-corrected chi connectivity index (χ0v) is 31.2. The van der Waals surface area contributed by atoms with E-state index in [1.807, 2.05) is 12.1 Å². The first kappa shape index (κ1) is 44.9. The van der Waals surface area contributed by atoms with E-state index in [0.29, 0.717) is 30.0 Å². The van der Waals surface area contributed by atoms with Gasteiger partial charge in [-0.15, -0.1) is 49.6 Å². The monoisotopic (exact) mass is 766 g/mol. The van der Waals surface area contributed by atoms with Crippen molar-refractivity contribution in [3.8, 4) is 0 Å². The molecule has 0 radical (unpaired) electrons. The van der Waals surface area contributed by atoms with Gasteiger partial charge in [-0.1, -0.05) is 36.4 Å². The Bertz CT molecular complexity index is 1340. The molecule has 274 valence electrons. The van der Waals surface area contributed by atoms with Gasteiger partial charge in [0.05, 0.1) is 0 Å². The average Bonchev–Trinajstić information content (AvgIpc) is 3.04. The maximum atomic E-state index is 13.8. The van der Waals surface area contributed by atoms with Crippen LogP contribution < -0.4 is 0 Å². The Kier molecular flexibility index (Phi) is 19.0. The van der Waals surface area contributed by atoms with E-state index in [-0.39, 0.29) is 61.5 Å². The van der Waals surface area contributed by atoms with Crippen molar-refractivity contribution in [2.75, 3.05) is 65.4 Å². The molecule has 0 saturated carbocycles. The van der Waals surface area contributed by atoms with Crippen LogP contribution in [-0.2, 0) is 10.2 Å². The first-order valence-corrected chi connectivity index (χ1v) is 16.1. The minimum Gasteiger partial charge on any atom is -0.480 e. The Morgan fingerprint density at radius 2 is 1.06 bits per heavy atom. The van der Waals surface area contributed by atoms with Crippen LogP contribution in [0.5, 0.6) is 0 Å². The summed E-state index contributed by atoms with van der Waals surface area (Å²) in [6, 6.07) is 18.8. The van der Waals surface area contributed by atoms with Crippen molar-refractivity contribution in [2.45, 2.75) is 44.2 Å². The molecule has 1 unspecified atom stereocenters. The fourth-order valence-electron chi connectivity index (χ4n) is 6.97. The Morgan fingerprint density at radius 3 is 1.49 bits per heavy atom. The zero-order chi connectivity index (χ0) is 32.0. The Hall–Kier alpha value is -2.08. The van der Waals surface area contributed by atoms with Crippen LogP contribution in [0.3, 0.4) is 0 Å². The van der Waals surface area contributed by atoms with Crippen LogP contribution in [0.1, 0.15) is 49.4 Å². The van der Waals surface area contributed by atoms with Crippen molar-refractivity contribution in [1.82, 2.24) is 19.6 Å². The predicted molar refractivity (Wildman–Crippen MR) is 200 cm³/mol. The Morgan fingerprint density at radius 1 is 0.653 bits per heavy atom. The minimum atomic E-state index is -1.41. The summed E-state index contributed by atoms with van der Waals surface area (Å²) in [6.45, 7) is 13.6. The van der Waals surface area contributed by atoms with Crippen molar-refractivity contribution < 1.29 is 23.1 Å². The number of halogens is 7. The molecule has 1 atom stereocenters. The molecule has 5 rings (SSSR count). The van der Waals surface area contributed by atoms with Gasteiger partial charge in [0, 0.05) is 71.0 Å². The van der Waals surface area contributed by atoms with Gasteiger partial charge in [0.15, 0.2) is 0 Å². The molecule has 2 heterocycles. The summed E-state index contributed by atoms with van der Waals surface area (Å²) in [7, 11) is 0. The number of aliphatic carboxylic acids is 1. The highest BCUT2D eigenvalue weighted by Crippen LogP contribution is 2.38. The number of carbonyl (C=O) groups is 1. The van der Waals surface area contributed by atoms with Crippen LogP contribution >= 0.6 is 49.6 Å². The quantitative estimate of drug-likeness (QED) is 0.209. The summed E-state index contributed by atoms with van der Waals surface area (Å²) in [5.74, 6) is -2.13. The summed E-state index contributed by atoms with van der Waals surface area (Å²) in [5, 5.41) is 10.5. The Labute approximate surface area is 313 Å². The lowest BCUT2D eigenvalue weighted by Crippen LogP contribution is -2.53. The van der Waals surface area contributed by atoms with E-state index in [1.54, 1.807) is 12.1 Å². The zero-order valence-electron chi connectivity index (χ0n) is 28.0. The summed E-state index contributed by atoms with van der Waals surface area (Å²) in [5.41, 5.74) is 0.691. The number of nitrogens with zero attached hydrogens (tertiary/aromatic N) is 4. The molecule has 2 aliphatic rings. The highest BCUT2D eigenvalue weighted by Gasteiger charge is 2.42. The van der Waals surface area contributed by atoms with Crippen molar-refractivity contribution in [2.24, 2.45) is 0 Å². The van der Waals surface area contributed by atoms with Crippen molar-refractivity contribution in [3.05, 3.63) is 107 Å². The average molecular weight is 769 g/mol. The molecule has 2 saturated heterocycles. The second-order valence-electron chi connectivity index (χ2n) is 12.7. The third-order valence-electron chi connectivity index (χ3n) is 9.74. The normalized spacial score (nSPS) is 16.9. The van der Waals surface area contributed by atoms with Crippen LogP contribution in [-0.4, -0.2) is 102 Å². The van der Waals surface area contributed by atoms with E-state index in [1.165, 1.54) is 48.5 Å². The summed E-state index contributed by atoms with van der Waals surface area (Å²) >= 11 is 0. The van der Waals surface area contributed by atoms with Crippen LogP contribution in [0.15, 0.2) is 72.8 Å². The van der Waals surface area contributed by atoms with Gasteiger partial charge in [0.2, 0.25) is 0 Å². The molecule has 0 aliphatic carbocycles. The first-order valence-electron chi connectivity index (χ1n) is 16.1. The van der Waals surface area contributed by atoms with Crippen LogP contribution in [0, 0.1) is 17.5 Å². The number of carboxylic acids is 1. The third kappa shape index (κ3) is 11.2. The molecule has 13 heteroatoms. The molecular formula is C36H49Cl4F3N4O2. The molecule has 0 amide bonds. The molecule has 3 aromatic rings. The van der Waals surface area contributed by atoms with Crippen LogP contribution in [0.2, 0.25) is 0 Å². The second-order valence-corrected chi connectivity index (χ2v) is 12.7. The van der Waals surface area contributed by atoms with E-state index in [0.717, 1.165) is 71.0 Å². The Balaban J connectivity index is 0.00000300. The lowest BCUT2D eigenvalue weighted by Gasteiger charge is -2.44. The van der Waals surface area contributed by atoms with Gasteiger partial charge < -0.3 is 10.0 Å². The lowest BCUT2D eigenvalue weighted by atomic mass is 9.71. The molecular weight excluding hydrogens is 719 g/mol. The van der Waals surface area contributed by atoms with Gasteiger partial charge >= 0.3 is 5.97 Å². The fourth-order valence-corrected chi connectivity index (χ4v) is 6.97. The molecule has 0 spiro atoms. The van der Waals surface area contributed by atoms with Crippen LogP contribution in [0.25, 0.3) is 0 Å². The topological polar surface area (TPSA) is 50.3 Å². The number of hydrogen-bond acceptors (Lipinski definition) is 5. The summed E-state index contributed by atoms with van der Waals surface area (Å²) < 4.78 is 41.3. The highest BCUT2D eigenvalue weighted by atomic mass is 35.5. The first-order chi connectivity index (χ1) is 21.7. The largest absolute Gasteiger partial charge is 0.480 e. The fraction of sp³-hybridized carbons (Fsp3) is 0.472. The van der Waals surface area contributed by atoms with Crippen molar-refractivity contribution in [3.63, 3.8) is 0 Å². The number of carboxylic acid groups (broad SMARTS) is 1. The number of benzene rings is 3. The summed E-state index contributed by atoms with van der Waals surface area (Å²) in [6.07, 6.45) is 0.911. The van der Waals surface area contributed by atoms with Gasteiger partial charge in [-0.25, -0.2) is 13.2 Å². The molecule has 0 bridgehead atoms. The molecule has 6 nitrogen and oxygen atoms in total. The van der Waals surface area contributed by atoms with Gasteiger partial charge in [0.25, 0.3) is 0 Å². The maximum Gasteiger partial charge on any atom is 0.318 e. The van der Waals surface area contributed by atoms with Gasteiger partial charge in [-0.2, -0.15) is 0 Å². The molecule has 49 heavy (non-hydrogen) atoms. The molecule has 1 N–H and O–H groups in total. The SMILES string of the molecule is CC(C)N1CCN(C(CN2CCN(CCCC(C(=O)O)(c3ccc(F)cc3)c3ccc(F)cc3)CC2)c2ccc(F)cc2)CC1.Cl.Cl.Cl.Cl. The van der Waals surface area contributed by atoms with E-state index >= 15 is 0 Å². The lowest BCUT2D eigenvalue weighted by molar-refractivity contribution is -0.142. The summed E-state index contributed by atoms with van der Waals surface area (Å²) in [4.78, 5) is 22.8. The van der Waals surface area contributed by atoms with E-state index < -0.39 is 23.0 Å². The van der Waals surface area contributed by atoms with Gasteiger partial charge in [0.1, 0.15) is 22.9 Å². The van der Waals surface area contributed by atoms with Gasteiger partial charge in [-0.3, -0.25) is 19.5 Å². The van der Waals surface area contributed by atoms with E-state index in [9.17, 15) is 23.1 Å². The standard InChI is InChI=1S/C36H45F3N4O2.4ClH/c1-27(2)42-22-24-43(25-23-42)34(28-4-10-31(37)11-5-28)26-41-20-18-40(19-21-41)17-3-16-36(35(44)45,29-6-12-32(38)13-7-29)30-8-14-33(39)15-9-30;;;;/h4-15,27,34H,3,16-26H2,1-2H3,(H,44,45);4*1H. The van der Waals surface area contributed by atoms with Crippen molar-refractivity contribution >= 4 is 55.6 Å². The number of piperazine rings is 2. The smallest absolute Gasteiger partial charge is 0.318 e. The van der Waals surface area contributed by atoms with E-state index in [2.05, 4.69) is 33.4 Å².